The average molecular weight is 267 g/mol. The number of aromatic nitrogens is 2. The number of rotatable bonds is 1. The fourth-order valence-corrected chi connectivity index (χ4v) is 1.19. The largest absolute Gasteiger partial charge is 0.363 e. The monoisotopic (exact) mass is 267 g/mol. The molecule has 0 radical (unpaired) electrons. The molecule has 2 heterocycles. The van der Waals surface area contributed by atoms with Crippen LogP contribution in [0.4, 0.5) is 24.6 Å². The van der Waals surface area contributed by atoms with Gasteiger partial charge in [0.1, 0.15) is 5.82 Å². The topological polar surface area (TPSA) is 29.0 Å². The molecule has 0 aliphatic rings. The van der Waals surface area contributed by atoms with Crippen molar-refractivity contribution in [2.75, 3.05) is 19.0 Å². The zero-order chi connectivity index (χ0) is 9.26. The van der Waals surface area contributed by atoms with Gasteiger partial charge in [0.25, 0.3) is 0 Å². The molecule has 0 amide bonds. The number of hydrogen-bond donors (Lipinski definition) is 0. The van der Waals surface area contributed by atoms with Crippen molar-refractivity contribution in [2.24, 2.45) is 0 Å². The molecule has 0 fully saturated rings. The van der Waals surface area contributed by atoms with Gasteiger partial charge in [0.15, 0.2) is 5.65 Å². The number of fused-ring (bicyclic) bond motifs is 1. The van der Waals surface area contributed by atoms with Gasteiger partial charge in [0, 0.05) is 25.7 Å². The minimum absolute atomic E-state index is 0. The summed E-state index contributed by atoms with van der Waals surface area (Å²) in [7, 11) is 3.94. The second-order valence-electron chi connectivity index (χ2n) is 3.11. The SMILES string of the molecule is B.CN(C)c1ccc2cccnc2n1.F.F.F.F. The average Bonchev–Trinajstić information content (AvgIpc) is 2.17. The van der Waals surface area contributed by atoms with Crippen LogP contribution in [0, 0.1) is 0 Å². The minimum Gasteiger partial charge on any atom is -0.363 e. The van der Waals surface area contributed by atoms with Gasteiger partial charge in [-0.1, -0.05) is 0 Å². The lowest BCUT2D eigenvalue weighted by molar-refractivity contribution is 1.07. The van der Waals surface area contributed by atoms with Crippen LogP contribution in [-0.2, 0) is 0 Å². The van der Waals surface area contributed by atoms with Crippen molar-refractivity contribution in [3.8, 4) is 0 Å². The van der Waals surface area contributed by atoms with Gasteiger partial charge in [-0.3, -0.25) is 18.8 Å². The summed E-state index contributed by atoms with van der Waals surface area (Å²) < 4.78 is 0. The van der Waals surface area contributed by atoms with Crippen LogP contribution >= 0.6 is 0 Å². The molecule has 0 aliphatic heterocycles. The molecule has 3 nitrogen and oxygen atoms in total. The quantitative estimate of drug-likeness (QED) is 0.572. The third-order valence-corrected chi connectivity index (χ3v) is 1.91. The summed E-state index contributed by atoms with van der Waals surface area (Å²) in [5.41, 5.74) is 0.800. The van der Waals surface area contributed by atoms with Crippen molar-refractivity contribution < 1.29 is 18.8 Å². The molecule has 0 atom stereocenters. The van der Waals surface area contributed by atoms with Crippen molar-refractivity contribution in [1.82, 2.24) is 9.97 Å². The Morgan fingerprint density at radius 2 is 1.56 bits per heavy atom. The van der Waals surface area contributed by atoms with Gasteiger partial charge in [-0.25, -0.2) is 9.97 Å². The van der Waals surface area contributed by atoms with Crippen LogP contribution in [0.15, 0.2) is 30.5 Å². The molecule has 2 aromatic rings. The Bertz CT molecular complexity index is 442. The van der Waals surface area contributed by atoms with Crippen molar-refractivity contribution in [3.05, 3.63) is 30.5 Å². The number of anilines is 1. The summed E-state index contributed by atoms with van der Waals surface area (Å²) in [6.07, 6.45) is 1.76. The Morgan fingerprint density at radius 3 is 2.11 bits per heavy atom. The molecule has 0 saturated heterocycles. The van der Waals surface area contributed by atoms with Crippen LogP contribution in [0.5, 0.6) is 0 Å². The van der Waals surface area contributed by atoms with E-state index in [1.807, 2.05) is 43.3 Å². The maximum Gasteiger partial charge on any atom is 0.161 e. The summed E-state index contributed by atoms with van der Waals surface area (Å²) in [6.45, 7) is 0. The van der Waals surface area contributed by atoms with Gasteiger partial charge >= 0.3 is 0 Å². The second-order valence-corrected chi connectivity index (χ2v) is 3.11. The summed E-state index contributed by atoms with van der Waals surface area (Å²) >= 11 is 0. The maximum absolute atomic E-state index is 4.39. The van der Waals surface area contributed by atoms with Crippen molar-refractivity contribution in [1.29, 1.82) is 0 Å². The summed E-state index contributed by atoms with van der Waals surface area (Å²) in [5, 5.41) is 1.08. The molecule has 18 heavy (non-hydrogen) atoms. The van der Waals surface area contributed by atoms with Crippen molar-refractivity contribution >= 4 is 25.3 Å². The highest BCUT2D eigenvalue weighted by molar-refractivity contribution is 5.76. The van der Waals surface area contributed by atoms with Crippen LogP contribution in [0.2, 0.25) is 0 Å². The molecule has 0 N–H and O–H groups in total. The fourth-order valence-electron chi connectivity index (χ4n) is 1.19. The first-order valence-corrected chi connectivity index (χ1v) is 4.16. The van der Waals surface area contributed by atoms with Crippen LogP contribution < -0.4 is 4.90 Å². The smallest absolute Gasteiger partial charge is 0.161 e. The normalized spacial score (nSPS) is 7.44. The highest BCUT2D eigenvalue weighted by atomic mass is 19.0. The first-order valence-electron chi connectivity index (χ1n) is 4.16. The van der Waals surface area contributed by atoms with Gasteiger partial charge in [-0.2, -0.15) is 0 Å². The van der Waals surface area contributed by atoms with Crippen LogP contribution in [-0.4, -0.2) is 32.5 Å². The Morgan fingerprint density at radius 1 is 0.944 bits per heavy atom. The van der Waals surface area contributed by atoms with Gasteiger partial charge < -0.3 is 4.90 Å². The van der Waals surface area contributed by atoms with Crippen LogP contribution in [0.1, 0.15) is 0 Å². The maximum atomic E-state index is 4.39. The van der Waals surface area contributed by atoms with E-state index in [9.17, 15) is 0 Å². The molecule has 2 rings (SSSR count). The standard InChI is InChI=1S/C10H11N3.BH3.4FH/c1-13(2)9-6-5-8-4-3-7-11-10(8)12-9;;;;;/h3-7H,1-2H3;1H3;4*1H. The fraction of sp³-hybridized carbons (Fsp3) is 0.200. The predicted molar refractivity (Wildman–Crippen MR) is 73.8 cm³/mol. The third-order valence-electron chi connectivity index (χ3n) is 1.91. The van der Waals surface area contributed by atoms with Gasteiger partial charge in [-0.05, 0) is 24.3 Å². The van der Waals surface area contributed by atoms with Gasteiger partial charge in [-0.15, -0.1) is 0 Å². The highest BCUT2D eigenvalue weighted by Crippen LogP contribution is 2.13. The molecule has 8 heteroatoms. The van der Waals surface area contributed by atoms with Gasteiger partial charge in [0.2, 0.25) is 0 Å². The zero-order valence-corrected chi connectivity index (χ0v) is 9.36. The molecule has 0 saturated carbocycles. The third kappa shape index (κ3) is 4.98. The molecule has 0 bridgehead atoms. The Balaban J connectivity index is -0.000000196. The van der Waals surface area contributed by atoms with E-state index in [-0.39, 0.29) is 27.2 Å². The number of hydrogen-bond acceptors (Lipinski definition) is 3. The van der Waals surface area contributed by atoms with Crippen LogP contribution in [0.25, 0.3) is 11.0 Å². The predicted octanol–water partition coefficient (Wildman–Crippen LogP) is 1.12. The number of nitrogens with zero attached hydrogens (tertiary/aromatic N) is 3. The number of pyridine rings is 2. The molecule has 0 spiro atoms. The van der Waals surface area contributed by atoms with E-state index in [1.54, 1.807) is 6.20 Å². The molecule has 0 aliphatic carbocycles. The molecule has 0 unspecified atom stereocenters. The van der Waals surface area contributed by atoms with E-state index in [2.05, 4.69) is 9.97 Å². The van der Waals surface area contributed by atoms with E-state index in [1.165, 1.54) is 0 Å². The lowest BCUT2D eigenvalue weighted by Gasteiger charge is -2.10. The lowest BCUT2D eigenvalue weighted by atomic mass is 10.3. The first kappa shape index (κ1) is 25.1. The highest BCUT2D eigenvalue weighted by Gasteiger charge is 1.98. The first-order chi connectivity index (χ1) is 6.27. The number of halogens is 4. The van der Waals surface area contributed by atoms with E-state index in [0.29, 0.717) is 0 Å². The van der Waals surface area contributed by atoms with Crippen molar-refractivity contribution in [3.63, 3.8) is 0 Å². The second kappa shape index (κ2) is 10.3. The van der Waals surface area contributed by atoms with E-state index in [4.69, 9.17) is 0 Å². The molecule has 0 aromatic carbocycles. The van der Waals surface area contributed by atoms with E-state index in [0.717, 1.165) is 16.9 Å². The van der Waals surface area contributed by atoms with E-state index < -0.39 is 0 Å². The summed E-state index contributed by atoms with van der Waals surface area (Å²) in [4.78, 5) is 10.5. The Hall–Kier alpha value is -1.86. The van der Waals surface area contributed by atoms with E-state index >= 15 is 0 Å². The lowest BCUT2D eigenvalue weighted by Crippen LogP contribution is -2.10. The minimum atomic E-state index is 0. The molecular formula is C10H18BF4N3. The summed E-state index contributed by atoms with van der Waals surface area (Å²) in [6, 6.07) is 7.95. The Kier molecular flexibility index (Phi) is 14.4. The van der Waals surface area contributed by atoms with Crippen molar-refractivity contribution in [2.45, 2.75) is 0 Å². The Labute approximate surface area is 104 Å². The van der Waals surface area contributed by atoms with Gasteiger partial charge in [0.05, 0.1) is 8.41 Å². The van der Waals surface area contributed by atoms with Crippen LogP contribution in [0.3, 0.4) is 0 Å². The zero-order valence-electron chi connectivity index (χ0n) is 9.36. The summed E-state index contributed by atoms with van der Waals surface area (Å²) in [5.74, 6) is 0.936. The molecule has 104 valence electrons. The molecule has 2 aromatic heterocycles. The molecular weight excluding hydrogens is 249 g/mol.